The third kappa shape index (κ3) is 18.5. The van der Waals surface area contributed by atoms with Gasteiger partial charge in [-0.05, 0) is 159 Å². The van der Waals surface area contributed by atoms with Crippen LogP contribution in [0, 0.1) is 13.8 Å². The van der Waals surface area contributed by atoms with Crippen LogP contribution in [0.5, 0.6) is 12.0 Å². The first kappa shape index (κ1) is 70.7. The van der Waals surface area contributed by atoms with Crippen LogP contribution in [0.25, 0.3) is 0 Å². The molecule has 0 N–H and O–H groups in total. The number of carbonyl (C=O) groups is 3. The van der Waals surface area contributed by atoms with Gasteiger partial charge in [0.1, 0.15) is 41.7 Å². The van der Waals surface area contributed by atoms with Crippen molar-refractivity contribution < 1.29 is 58.4 Å². The molecule has 0 unspecified atom stereocenters. The van der Waals surface area contributed by atoms with Gasteiger partial charge in [-0.15, -0.1) is 0 Å². The third-order valence-corrected chi connectivity index (χ3v) is 17.2. The SMILES string of the molecule is C1CCOC1.Cc1ccc(Cl)c(C(=O)N2Cc3nc(OC[C@@H]4CCCN4C)nc(N4CCN(C(=O)OC(C)(C)C)C[C@@H]4C)c3C2)n1.Cc1ccc(Cl)c(CN2Cc3nc(OC[C@@H]4CCCN4C)nc(N4CCN(C(=O)OC(C)(C)C)C[C@@H]4C)c3C2)n1.[AlH3].[H-].[Li+]. The number of piperazine rings is 2. The number of ether oxygens (including phenoxy) is 5. The summed E-state index contributed by atoms with van der Waals surface area (Å²) in [6.07, 6.45) is 6.49. The summed E-state index contributed by atoms with van der Waals surface area (Å²) in [6, 6.07) is 8.75. The van der Waals surface area contributed by atoms with Gasteiger partial charge in [-0.2, -0.15) is 19.9 Å². The van der Waals surface area contributed by atoms with Crippen molar-refractivity contribution in [3.63, 3.8) is 0 Å². The second-order valence-corrected chi connectivity index (χ2v) is 26.7. The van der Waals surface area contributed by atoms with Crippen molar-refractivity contribution in [3.8, 4) is 12.0 Å². The summed E-state index contributed by atoms with van der Waals surface area (Å²) in [5.41, 5.74) is 5.39. The van der Waals surface area contributed by atoms with Crippen LogP contribution in [-0.4, -0.2) is 223 Å². The zero-order valence-electron chi connectivity index (χ0n) is 54.7. The molecule has 0 saturated carbocycles. The molecule has 3 amide bonds. The number of hydrogen-bond donors (Lipinski definition) is 0. The molecular weight excluding hydrogens is 1170 g/mol. The van der Waals surface area contributed by atoms with Gasteiger partial charge in [-0.25, -0.2) is 14.6 Å². The van der Waals surface area contributed by atoms with E-state index in [1.165, 1.54) is 19.3 Å². The summed E-state index contributed by atoms with van der Waals surface area (Å²) in [5.74, 6) is 1.38. The molecule has 0 bridgehead atoms. The van der Waals surface area contributed by atoms with Crippen molar-refractivity contribution in [1.29, 1.82) is 0 Å². The smallest absolute Gasteiger partial charge is 1.00 e. The predicted molar refractivity (Wildman–Crippen MR) is 341 cm³/mol. The van der Waals surface area contributed by atoms with Gasteiger partial charge in [0.2, 0.25) is 0 Å². The van der Waals surface area contributed by atoms with E-state index in [2.05, 4.69) is 62.4 Å². The number of fused-ring (bicyclic) bond motifs is 2. The Bertz CT molecular complexity index is 3050. The number of rotatable bonds is 11. The molecule has 0 aliphatic carbocycles. The van der Waals surface area contributed by atoms with E-state index >= 15 is 0 Å². The summed E-state index contributed by atoms with van der Waals surface area (Å²) in [5, 5.41) is 0.990. The number of halogens is 2. The number of pyridine rings is 2. The summed E-state index contributed by atoms with van der Waals surface area (Å²) < 4.78 is 28.6. The van der Waals surface area contributed by atoms with Gasteiger partial charge in [-0.3, -0.25) is 14.7 Å². The maximum absolute atomic E-state index is 13.5. The maximum atomic E-state index is 13.5. The molecule has 4 aromatic heterocycles. The van der Waals surface area contributed by atoms with Crippen LogP contribution in [0.1, 0.15) is 145 Å². The normalized spacial score (nSPS) is 21.3. The zero-order valence-corrected chi connectivity index (χ0v) is 55.2. The van der Waals surface area contributed by atoms with Crippen molar-refractivity contribution in [2.24, 2.45) is 0 Å². The number of amides is 3. The third-order valence-electron chi connectivity index (χ3n) is 16.5. The van der Waals surface area contributed by atoms with E-state index in [9.17, 15) is 14.4 Å². The molecule has 0 aromatic carbocycles. The molecule has 26 heteroatoms. The van der Waals surface area contributed by atoms with E-state index in [1.54, 1.807) is 26.8 Å². The summed E-state index contributed by atoms with van der Waals surface area (Å²) in [4.78, 5) is 84.3. The first-order chi connectivity index (χ1) is 40.9. The Hall–Kier alpha value is -4.78. The van der Waals surface area contributed by atoms with Crippen LogP contribution in [0.15, 0.2) is 24.3 Å². The Kier molecular flexibility index (Phi) is 24.9. The van der Waals surface area contributed by atoms with Crippen LogP contribution in [0.2, 0.25) is 10.0 Å². The first-order valence-corrected chi connectivity index (χ1v) is 31.4. The first-order valence-electron chi connectivity index (χ1n) is 30.7. The molecule has 22 nitrogen and oxygen atoms in total. The minimum absolute atomic E-state index is 0. The molecular formula is C62H94AlCl2LiN14O8. The Morgan fingerprint density at radius 2 is 1.08 bits per heavy atom. The van der Waals surface area contributed by atoms with Crippen LogP contribution in [0.3, 0.4) is 0 Å². The van der Waals surface area contributed by atoms with Crippen LogP contribution >= 0.6 is 23.2 Å². The van der Waals surface area contributed by atoms with Gasteiger partial charge in [-0.1, -0.05) is 23.2 Å². The van der Waals surface area contributed by atoms with Gasteiger partial charge in [0.15, 0.2) is 17.4 Å². The fourth-order valence-corrected chi connectivity index (χ4v) is 12.2. The van der Waals surface area contributed by atoms with E-state index in [1.807, 2.05) is 67.5 Å². The van der Waals surface area contributed by atoms with Crippen molar-refractivity contribution in [2.45, 2.75) is 176 Å². The number of likely N-dealkylation sites (N-methyl/N-ethyl adjacent to an activating group) is 2. The molecule has 0 radical (unpaired) electrons. The van der Waals surface area contributed by atoms with Crippen LogP contribution < -0.4 is 38.1 Å². The van der Waals surface area contributed by atoms with E-state index in [0.29, 0.717) is 119 Å². The number of carbonyl (C=O) groups excluding carboxylic acids is 3. The fraction of sp³-hybridized carbons (Fsp3) is 0.661. The van der Waals surface area contributed by atoms with Crippen molar-refractivity contribution in [2.75, 3.05) is 103 Å². The molecule has 11 heterocycles. The minimum atomic E-state index is -0.560. The molecule has 11 rings (SSSR count). The Labute approximate surface area is 554 Å². The van der Waals surface area contributed by atoms with Gasteiger partial charge >= 0.3 is 43.1 Å². The molecule has 7 aliphatic rings. The van der Waals surface area contributed by atoms with Gasteiger partial charge < -0.3 is 59.4 Å². The topological polar surface area (TPSA) is 201 Å². The zero-order chi connectivity index (χ0) is 61.6. The van der Waals surface area contributed by atoms with E-state index in [0.717, 1.165) is 96.8 Å². The summed E-state index contributed by atoms with van der Waals surface area (Å²) in [6.45, 7) is 30.5. The molecule has 4 aromatic rings. The second kappa shape index (κ2) is 31.0. The number of nitrogens with zero attached hydrogens (tertiary/aromatic N) is 14. The number of likely N-dealkylation sites (tertiary alicyclic amines) is 2. The Morgan fingerprint density at radius 3 is 1.53 bits per heavy atom. The maximum Gasteiger partial charge on any atom is 1.00 e. The Balaban J connectivity index is 0.000000254. The van der Waals surface area contributed by atoms with E-state index in [4.69, 9.17) is 66.8 Å². The molecule has 7 aliphatic heterocycles. The molecule has 478 valence electrons. The minimum Gasteiger partial charge on any atom is -1.00 e. The van der Waals surface area contributed by atoms with Crippen molar-refractivity contribution >= 4 is 70.3 Å². The standard InChI is InChI=1S/C29H40ClN7O4.C29H42ClN7O3.C4H8O.Al.Li.4H/c1-18-9-10-22(30)24(31-18)26(38)36-15-21-23(16-36)32-27(40-17-20-8-7-11-34(20)6)33-25(21)37-13-12-35(14-19(37)2)28(39)41-29(3,4)5;1-19-9-10-23(30)25(31-19)17-35-15-22-24(16-35)32-27(39-18-21-8-7-11-34(21)6)33-26(22)37-13-12-36(14-20(37)2)28(38)40-29(3,4)5;1-2-4-5-3-1;;;;;;/h9-10,19-20H,7-8,11-17H2,1-6H3;9-10,20-21H,7-8,11-18H2,1-6H3;1-4H2;;;;;;/q;;;;+1;;;;-1/t19-,20-;20-,21-;;;;;;;/m00......./s1. The summed E-state index contributed by atoms with van der Waals surface area (Å²) >= 11 is 12.8. The van der Waals surface area contributed by atoms with Crippen molar-refractivity contribution in [3.05, 3.63) is 79.6 Å². The number of aromatic nitrogens is 6. The molecule has 4 atom stereocenters. The van der Waals surface area contributed by atoms with Crippen LogP contribution in [0.4, 0.5) is 21.2 Å². The van der Waals surface area contributed by atoms with Gasteiger partial charge in [0, 0.05) is 119 Å². The largest absolute Gasteiger partial charge is 1.00 e. The summed E-state index contributed by atoms with van der Waals surface area (Å²) in [7, 11) is 4.25. The Morgan fingerprint density at radius 1 is 0.602 bits per heavy atom. The molecule has 5 saturated heterocycles. The average Bonchev–Trinajstić information content (AvgIpc) is 1.75. The second-order valence-electron chi connectivity index (χ2n) is 25.9. The monoisotopic (exact) mass is 1270 g/mol. The molecule has 0 spiro atoms. The van der Waals surface area contributed by atoms with E-state index < -0.39 is 11.2 Å². The van der Waals surface area contributed by atoms with Crippen molar-refractivity contribution in [1.82, 2.24) is 59.3 Å². The van der Waals surface area contributed by atoms with E-state index in [-0.39, 0.29) is 73.5 Å². The van der Waals surface area contributed by atoms with Gasteiger partial charge in [0.25, 0.3) is 5.91 Å². The number of aryl methyl sites for hydroxylation is 2. The fourth-order valence-electron chi connectivity index (χ4n) is 11.9. The average molecular weight is 1270 g/mol. The number of anilines is 2. The van der Waals surface area contributed by atoms with Crippen LogP contribution in [-0.2, 0) is 46.9 Å². The number of hydrogen-bond acceptors (Lipinski definition) is 19. The molecule has 88 heavy (non-hydrogen) atoms. The predicted octanol–water partition coefficient (Wildman–Crippen LogP) is 4.91. The molecule has 5 fully saturated rings. The van der Waals surface area contributed by atoms with Gasteiger partial charge in [0.05, 0.1) is 40.2 Å². The quantitative estimate of drug-likeness (QED) is 0.183.